The van der Waals surface area contributed by atoms with Crippen LogP contribution in [0.15, 0.2) is 77.6 Å². The predicted molar refractivity (Wildman–Crippen MR) is 99.3 cm³/mol. The molecular weight excluding hydrogens is 294 g/mol. The highest BCUT2D eigenvalue weighted by Gasteiger charge is 2.32. The van der Waals surface area contributed by atoms with Crippen LogP contribution >= 0.6 is 0 Å². The van der Waals surface area contributed by atoms with Gasteiger partial charge in [0.2, 0.25) is 0 Å². The minimum Gasteiger partial charge on any atom is -0.369 e. The molecule has 0 spiro atoms. The summed E-state index contributed by atoms with van der Waals surface area (Å²) in [6.45, 7) is 5.82. The van der Waals surface area contributed by atoms with E-state index in [1.807, 2.05) is 26.0 Å². The smallest absolute Gasteiger partial charge is 0.166 e. The van der Waals surface area contributed by atoms with Crippen LogP contribution < -0.4 is 0 Å². The minimum absolute atomic E-state index is 0.110. The monoisotopic (exact) mass is 319 g/mol. The van der Waals surface area contributed by atoms with E-state index in [1.165, 1.54) is 16.7 Å². The van der Waals surface area contributed by atoms with E-state index in [0.29, 0.717) is 5.78 Å². The van der Waals surface area contributed by atoms with Gasteiger partial charge in [0.05, 0.1) is 0 Å². The number of allylic oxidation sites excluding steroid dienone is 6. The van der Waals surface area contributed by atoms with Gasteiger partial charge in [-0.3, -0.25) is 4.79 Å². The second-order valence-electron chi connectivity index (χ2n) is 6.50. The molecular formula is C22H25NO. The molecule has 3 rings (SSSR count). The van der Waals surface area contributed by atoms with Gasteiger partial charge in [-0.25, -0.2) is 0 Å². The molecule has 1 unspecified atom stereocenters. The molecule has 0 amide bonds. The third kappa shape index (κ3) is 3.59. The average Bonchev–Trinajstić information content (AvgIpc) is 2.92. The Morgan fingerprint density at radius 1 is 1.17 bits per heavy atom. The number of carbonyl (C=O) groups is 1. The van der Waals surface area contributed by atoms with Crippen LogP contribution in [0, 0.1) is 5.92 Å². The molecule has 1 atom stereocenters. The van der Waals surface area contributed by atoms with Crippen molar-refractivity contribution in [3.63, 3.8) is 0 Å². The zero-order valence-electron chi connectivity index (χ0n) is 14.5. The number of nitrogens with zero attached hydrogens (tertiary/aromatic N) is 1. The molecule has 2 heteroatoms. The van der Waals surface area contributed by atoms with Crippen molar-refractivity contribution in [3.05, 3.63) is 83.1 Å². The molecule has 124 valence electrons. The Morgan fingerprint density at radius 3 is 2.54 bits per heavy atom. The van der Waals surface area contributed by atoms with Gasteiger partial charge in [0.1, 0.15) is 0 Å². The minimum atomic E-state index is 0.110. The van der Waals surface area contributed by atoms with E-state index in [-0.39, 0.29) is 5.92 Å². The van der Waals surface area contributed by atoms with Gasteiger partial charge in [-0.15, -0.1) is 0 Å². The van der Waals surface area contributed by atoms with Crippen LogP contribution in [0.5, 0.6) is 0 Å². The summed E-state index contributed by atoms with van der Waals surface area (Å²) in [6, 6.07) is 10.5. The maximum atomic E-state index is 12.5. The standard InChI is InChI=1S/C22H25NO/c1-3-19-15-20(22(24)21(19)4-2)14-17-10-12-23(13-11-17)16-18-8-6-5-7-9-18/h3-12,20H,13-16H2,1-2H3/b19-3-,21-4+. The van der Waals surface area contributed by atoms with Crippen molar-refractivity contribution >= 4 is 5.78 Å². The molecule has 0 aromatic heterocycles. The van der Waals surface area contributed by atoms with Gasteiger partial charge in [0.25, 0.3) is 0 Å². The molecule has 1 heterocycles. The summed E-state index contributed by atoms with van der Waals surface area (Å²) >= 11 is 0. The van der Waals surface area contributed by atoms with E-state index in [2.05, 4.69) is 53.6 Å². The van der Waals surface area contributed by atoms with Crippen molar-refractivity contribution in [2.75, 3.05) is 6.54 Å². The highest BCUT2D eigenvalue weighted by atomic mass is 16.1. The number of carbonyl (C=O) groups excluding carboxylic acids is 1. The Bertz CT molecular complexity index is 722. The van der Waals surface area contributed by atoms with Gasteiger partial charge in [-0.1, -0.05) is 48.6 Å². The topological polar surface area (TPSA) is 20.3 Å². The second-order valence-corrected chi connectivity index (χ2v) is 6.50. The molecule has 0 radical (unpaired) electrons. The summed E-state index contributed by atoms with van der Waals surface area (Å²) in [5.41, 5.74) is 4.73. The molecule has 0 N–H and O–H groups in total. The number of hydrogen-bond acceptors (Lipinski definition) is 2. The van der Waals surface area contributed by atoms with Crippen molar-refractivity contribution < 1.29 is 4.79 Å². The van der Waals surface area contributed by atoms with Crippen LogP contribution in [0.25, 0.3) is 0 Å². The summed E-state index contributed by atoms with van der Waals surface area (Å²) in [5.74, 6) is 0.422. The molecule has 24 heavy (non-hydrogen) atoms. The fourth-order valence-electron chi connectivity index (χ4n) is 3.55. The summed E-state index contributed by atoms with van der Waals surface area (Å²) in [7, 11) is 0. The van der Waals surface area contributed by atoms with Crippen LogP contribution in [-0.2, 0) is 11.3 Å². The van der Waals surface area contributed by atoms with E-state index in [1.54, 1.807) is 0 Å². The van der Waals surface area contributed by atoms with Crippen LogP contribution in [0.4, 0.5) is 0 Å². The highest BCUT2D eigenvalue weighted by molar-refractivity contribution is 6.04. The van der Waals surface area contributed by atoms with Crippen LogP contribution in [0.3, 0.4) is 0 Å². The predicted octanol–water partition coefficient (Wildman–Crippen LogP) is 4.81. The molecule has 1 aliphatic carbocycles. The van der Waals surface area contributed by atoms with Crippen molar-refractivity contribution in [1.29, 1.82) is 0 Å². The molecule has 2 nitrogen and oxygen atoms in total. The maximum Gasteiger partial charge on any atom is 0.166 e. The third-order valence-corrected chi connectivity index (χ3v) is 4.88. The Balaban J connectivity index is 1.59. The largest absolute Gasteiger partial charge is 0.369 e. The van der Waals surface area contributed by atoms with E-state index < -0.39 is 0 Å². The normalized spacial score (nSPS) is 24.1. The Hall–Kier alpha value is -2.35. The SMILES string of the molecule is C/C=C1/CC(CC2=CCN(Cc3ccccc3)C=C2)C(=O)/C1=C/C. The summed E-state index contributed by atoms with van der Waals surface area (Å²) < 4.78 is 0. The maximum absolute atomic E-state index is 12.5. The van der Waals surface area contributed by atoms with E-state index in [0.717, 1.165) is 31.5 Å². The van der Waals surface area contributed by atoms with Gasteiger partial charge < -0.3 is 4.90 Å². The van der Waals surface area contributed by atoms with Gasteiger partial charge in [0.15, 0.2) is 5.78 Å². The fourth-order valence-corrected chi connectivity index (χ4v) is 3.55. The van der Waals surface area contributed by atoms with Gasteiger partial charge >= 0.3 is 0 Å². The van der Waals surface area contributed by atoms with E-state index >= 15 is 0 Å². The zero-order valence-corrected chi connectivity index (χ0v) is 14.5. The molecule has 1 fully saturated rings. The second kappa shape index (κ2) is 7.48. The summed E-state index contributed by atoms with van der Waals surface area (Å²) in [4.78, 5) is 14.8. The highest BCUT2D eigenvalue weighted by Crippen LogP contribution is 2.36. The van der Waals surface area contributed by atoms with Crippen molar-refractivity contribution in [2.24, 2.45) is 5.92 Å². The Morgan fingerprint density at radius 2 is 1.96 bits per heavy atom. The number of hydrogen-bond donors (Lipinski definition) is 0. The first-order valence-corrected chi connectivity index (χ1v) is 8.72. The first-order valence-electron chi connectivity index (χ1n) is 8.72. The quantitative estimate of drug-likeness (QED) is 0.742. The fraction of sp³-hybridized carbons (Fsp3) is 0.318. The number of rotatable bonds is 4. The lowest BCUT2D eigenvalue weighted by atomic mass is 9.95. The molecule has 1 aliphatic heterocycles. The third-order valence-electron chi connectivity index (χ3n) is 4.88. The molecule has 1 saturated carbocycles. The van der Waals surface area contributed by atoms with Crippen molar-refractivity contribution in [3.8, 4) is 0 Å². The number of benzene rings is 1. The van der Waals surface area contributed by atoms with Gasteiger partial charge in [0, 0.05) is 24.6 Å². The molecule has 0 saturated heterocycles. The summed E-state index contributed by atoms with van der Waals surface area (Å²) in [5, 5.41) is 0. The van der Waals surface area contributed by atoms with Crippen molar-refractivity contribution in [1.82, 2.24) is 4.90 Å². The van der Waals surface area contributed by atoms with E-state index in [9.17, 15) is 4.79 Å². The Labute approximate surface area is 144 Å². The van der Waals surface area contributed by atoms with Crippen LogP contribution in [-0.4, -0.2) is 17.2 Å². The molecule has 2 aliphatic rings. The number of Topliss-reactive ketones (excluding diaryl/α,β-unsaturated/α-hetero) is 1. The van der Waals surface area contributed by atoms with Crippen LogP contribution in [0.1, 0.15) is 32.3 Å². The number of ketones is 1. The molecule has 1 aromatic rings. The molecule has 1 aromatic carbocycles. The van der Waals surface area contributed by atoms with Crippen molar-refractivity contribution in [2.45, 2.75) is 33.2 Å². The lowest BCUT2D eigenvalue weighted by molar-refractivity contribution is -0.117. The molecule has 0 bridgehead atoms. The lowest BCUT2D eigenvalue weighted by Crippen LogP contribution is -2.20. The average molecular weight is 319 g/mol. The van der Waals surface area contributed by atoms with Crippen LogP contribution in [0.2, 0.25) is 0 Å². The van der Waals surface area contributed by atoms with E-state index in [4.69, 9.17) is 0 Å². The lowest BCUT2D eigenvalue weighted by Gasteiger charge is -2.23. The van der Waals surface area contributed by atoms with Gasteiger partial charge in [-0.2, -0.15) is 0 Å². The Kier molecular flexibility index (Phi) is 5.14. The first-order chi connectivity index (χ1) is 11.7. The first kappa shape index (κ1) is 16.5. The zero-order chi connectivity index (χ0) is 16.9. The van der Waals surface area contributed by atoms with Gasteiger partial charge in [-0.05, 0) is 55.7 Å². The summed E-state index contributed by atoms with van der Waals surface area (Å²) in [6.07, 6.45) is 12.4.